The fourth-order valence-electron chi connectivity index (χ4n) is 10.2. The second-order valence-corrected chi connectivity index (χ2v) is 13.8. The van der Waals surface area contributed by atoms with E-state index in [4.69, 9.17) is 9.78 Å². The molecule has 3 nitrogen and oxygen atoms in total. The van der Waals surface area contributed by atoms with E-state index in [0.717, 1.165) is 42.4 Å². The first-order valence-corrected chi connectivity index (χ1v) is 13.9. The lowest BCUT2D eigenvalue weighted by Gasteiger charge is -2.69. The molecule has 32 heavy (non-hydrogen) atoms. The van der Waals surface area contributed by atoms with E-state index in [1.807, 2.05) is 0 Å². The van der Waals surface area contributed by atoms with Crippen molar-refractivity contribution >= 4 is 0 Å². The van der Waals surface area contributed by atoms with Crippen molar-refractivity contribution in [2.24, 2.45) is 52.3 Å². The van der Waals surface area contributed by atoms with Gasteiger partial charge in [0.25, 0.3) is 0 Å². The molecule has 0 aromatic heterocycles. The summed E-state index contributed by atoms with van der Waals surface area (Å²) in [6, 6.07) is 0. The molecule has 1 N–H and O–H groups in total. The maximum Gasteiger partial charge on any atom is 0.130 e. The summed E-state index contributed by atoms with van der Waals surface area (Å²) < 4.78 is 0. The molecule has 5 fully saturated rings. The van der Waals surface area contributed by atoms with Gasteiger partial charge in [0.1, 0.15) is 11.2 Å². The number of hydrogen-bond donors (Lipinski definition) is 1. The van der Waals surface area contributed by atoms with Gasteiger partial charge in [0, 0.05) is 23.7 Å². The average molecular weight is 443 g/mol. The first-order chi connectivity index (χ1) is 15.2. The minimum atomic E-state index is -0.424. The van der Waals surface area contributed by atoms with Crippen LogP contribution in [0.3, 0.4) is 0 Å². The third-order valence-corrected chi connectivity index (χ3v) is 12.4. The summed E-state index contributed by atoms with van der Waals surface area (Å²) in [6.45, 7) is 12.5. The van der Waals surface area contributed by atoms with Gasteiger partial charge in [-0.1, -0.05) is 53.5 Å². The molecule has 4 saturated carbocycles. The largest absolute Gasteiger partial charge is 0.393 e. The minimum absolute atomic E-state index is 0.0840. The lowest BCUT2D eigenvalue weighted by Crippen LogP contribution is -2.73. The number of aliphatic hydroxyl groups is 1. The van der Waals surface area contributed by atoms with Crippen molar-refractivity contribution in [1.82, 2.24) is 0 Å². The Bertz CT molecular complexity index is 793. The van der Waals surface area contributed by atoms with Crippen LogP contribution in [0, 0.1) is 52.3 Å². The van der Waals surface area contributed by atoms with Crippen LogP contribution < -0.4 is 0 Å². The van der Waals surface area contributed by atoms with Gasteiger partial charge in [0.05, 0.1) is 6.10 Å². The van der Waals surface area contributed by atoms with Crippen LogP contribution in [0.1, 0.15) is 98.8 Å². The lowest BCUT2D eigenvalue weighted by molar-refractivity contribution is -0.497. The Labute approximate surface area is 195 Å². The molecule has 7 rings (SSSR count). The molecule has 1 saturated heterocycles. The summed E-state index contributed by atoms with van der Waals surface area (Å²) in [7, 11) is 0. The monoisotopic (exact) mass is 442 g/mol. The Morgan fingerprint density at radius 3 is 2.38 bits per heavy atom. The number of hydrogen-bond acceptors (Lipinski definition) is 3. The molecule has 180 valence electrons. The summed E-state index contributed by atoms with van der Waals surface area (Å²) in [5.41, 5.74) is -0.245. The summed E-state index contributed by atoms with van der Waals surface area (Å²) >= 11 is 0. The summed E-state index contributed by atoms with van der Waals surface area (Å²) in [6.07, 6.45) is 16.6. The molecule has 3 heteroatoms. The van der Waals surface area contributed by atoms with E-state index in [1.54, 1.807) is 0 Å². The van der Waals surface area contributed by atoms with Crippen molar-refractivity contribution in [3.8, 4) is 0 Å². The van der Waals surface area contributed by atoms with Crippen molar-refractivity contribution in [3.63, 3.8) is 0 Å². The smallest absolute Gasteiger partial charge is 0.130 e. The fraction of sp³-hybridized carbons (Fsp3) is 0.931. The highest BCUT2D eigenvalue weighted by Crippen LogP contribution is 2.72. The highest BCUT2D eigenvalue weighted by Gasteiger charge is 2.74. The molecule has 0 radical (unpaired) electrons. The van der Waals surface area contributed by atoms with Crippen LogP contribution in [0.2, 0.25) is 0 Å². The third-order valence-electron chi connectivity index (χ3n) is 12.4. The fourth-order valence-corrected chi connectivity index (χ4v) is 10.2. The average Bonchev–Trinajstić information content (AvgIpc) is 3.38. The third kappa shape index (κ3) is 2.77. The Balaban J connectivity index is 1.24. The molecule has 12 atom stereocenters. The highest BCUT2D eigenvalue weighted by atomic mass is 17.2. The van der Waals surface area contributed by atoms with Gasteiger partial charge in [-0.3, -0.25) is 0 Å². The molecule has 0 aromatic rings. The molecule has 7 aliphatic rings. The SMILES string of the molecule is CC(CCC(C)C1CCC2C1(C)CCC1C23C=CC2(CC(O)CCC12C)OO3)C1CC1C. The summed E-state index contributed by atoms with van der Waals surface area (Å²) in [5.74, 6) is 5.55. The number of aliphatic hydroxyl groups excluding tert-OH is 1. The minimum Gasteiger partial charge on any atom is -0.393 e. The van der Waals surface area contributed by atoms with E-state index in [-0.39, 0.29) is 17.1 Å². The molecular formula is C29H46O3. The van der Waals surface area contributed by atoms with Crippen molar-refractivity contribution in [2.45, 2.75) is 116 Å². The Morgan fingerprint density at radius 2 is 1.69 bits per heavy atom. The van der Waals surface area contributed by atoms with Crippen molar-refractivity contribution in [3.05, 3.63) is 12.2 Å². The van der Waals surface area contributed by atoms with E-state index < -0.39 is 5.60 Å². The Morgan fingerprint density at radius 1 is 0.938 bits per heavy atom. The molecular weight excluding hydrogens is 396 g/mol. The van der Waals surface area contributed by atoms with E-state index in [2.05, 4.69) is 46.8 Å². The van der Waals surface area contributed by atoms with Gasteiger partial charge in [0.15, 0.2) is 0 Å². The van der Waals surface area contributed by atoms with E-state index in [1.165, 1.54) is 44.9 Å². The van der Waals surface area contributed by atoms with Gasteiger partial charge < -0.3 is 5.11 Å². The van der Waals surface area contributed by atoms with E-state index in [9.17, 15) is 5.11 Å². The van der Waals surface area contributed by atoms with Gasteiger partial charge in [-0.25, -0.2) is 9.78 Å². The second-order valence-electron chi connectivity index (χ2n) is 13.8. The van der Waals surface area contributed by atoms with Gasteiger partial charge in [-0.2, -0.15) is 0 Å². The second kappa shape index (κ2) is 7.08. The molecule has 2 aliphatic heterocycles. The van der Waals surface area contributed by atoms with Crippen molar-refractivity contribution in [1.29, 1.82) is 0 Å². The van der Waals surface area contributed by atoms with Gasteiger partial charge in [-0.05, 0) is 86.0 Å². The Kier molecular flexibility index (Phi) is 4.89. The molecule has 5 aliphatic carbocycles. The number of fused-ring (bicyclic) bond motifs is 2. The molecule has 0 amide bonds. The molecule has 12 unspecified atom stereocenters. The first kappa shape index (κ1) is 22.1. The number of rotatable bonds is 5. The zero-order chi connectivity index (χ0) is 22.5. The summed E-state index contributed by atoms with van der Waals surface area (Å²) in [5, 5.41) is 10.4. The summed E-state index contributed by atoms with van der Waals surface area (Å²) in [4.78, 5) is 12.8. The van der Waals surface area contributed by atoms with Crippen molar-refractivity contribution in [2.75, 3.05) is 0 Å². The van der Waals surface area contributed by atoms with Crippen LogP contribution in [-0.2, 0) is 9.78 Å². The predicted octanol–water partition coefficient (Wildman–Crippen LogP) is 6.70. The standard InChI is InChI=1S/C29H46O3/c1-18(22-16-20(22)3)6-7-19(2)23-8-9-24-26(23,4)12-11-25-27(5)13-10-21(30)17-28(27)14-15-29(24,25)32-31-28/h14-15,18-25,30H,6-13,16-17H2,1-5H3. The van der Waals surface area contributed by atoms with Gasteiger partial charge in [-0.15, -0.1) is 0 Å². The van der Waals surface area contributed by atoms with Crippen LogP contribution >= 0.6 is 0 Å². The predicted molar refractivity (Wildman–Crippen MR) is 127 cm³/mol. The van der Waals surface area contributed by atoms with Crippen LogP contribution in [0.5, 0.6) is 0 Å². The van der Waals surface area contributed by atoms with Crippen LogP contribution in [0.15, 0.2) is 12.2 Å². The van der Waals surface area contributed by atoms with Crippen molar-refractivity contribution < 1.29 is 14.9 Å². The molecule has 2 heterocycles. The normalized spacial score (nSPS) is 57.4. The van der Waals surface area contributed by atoms with Gasteiger partial charge in [0.2, 0.25) is 0 Å². The molecule has 0 aromatic carbocycles. The quantitative estimate of drug-likeness (QED) is 0.380. The highest BCUT2D eigenvalue weighted by molar-refractivity contribution is 5.33. The molecule has 2 spiro atoms. The van der Waals surface area contributed by atoms with Crippen LogP contribution in [0.4, 0.5) is 0 Å². The molecule has 2 bridgehead atoms. The lowest BCUT2D eigenvalue weighted by atomic mass is 9.42. The maximum atomic E-state index is 10.4. The van der Waals surface area contributed by atoms with Gasteiger partial charge >= 0.3 is 0 Å². The van der Waals surface area contributed by atoms with Crippen LogP contribution in [-0.4, -0.2) is 22.4 Å². The van der Waals surface area contributed by atoms with E-state index >= 15 is 0 Å². The van der Waals surface area contributed by atoms with E-state index in [0.29, 0.717) is 23.7 Å². The zero-order valence-corrected chi connectivity index (χ0v) is 21.1. The maximum absolute atomic E-state index is 10.4. The zero-order valence-electron chi connectivity index (χ0n) is 21.1. The van der Waals surface area contributed by atoms with Crippen LogP contribution in [0.25, 0.3) is 0 Å². The first-order valence-electron chi connectivity index (χ1n) is 13.9. The topological polar surface area (TPSA) is 38.7 Å². The Hall–Kier alpha value is -0.380.